The van der Waals surface area contributed by atoms with Crippen LogP contribution in [0, 0.1) is 0 Å². The van der Waals surface area contributed by atoms with Gasteiger partial charge in [-0.2, -0.15) is 16.9 Å². The van der Waals surface area contributed by atoms with Crippen molar-refractivity contribution >= 4 is 29.0 Å². The summed E-state index contributed by atoms with van der Waals surface area (Å²) < 4.78 is 1.63. The average molecular weight is 281 g/mol. The van der Waals surface area contributed by atoms with E-state index < -0.39 is 0 Å². The van der Waals surface area contributed by atoms with E-state index in [1.165, 1.54) is 4.88 Å². The fourth-order valence-corrected chi connectivity index (χ4v) is 3.14. The Labute approximate surface area is 114 Å². The predicted octanol–water partition coefficient (Wildman–Crippen LogP) is 2.14. The molecule has 1 N–H and O–H groups in total. The van der Waals surface area contributed by atoms with E-state index in [1.54, 1.807) is 35.5 Å². The van der Waals surface area contributed by atoms with Crippen molar-refractivity contribution in [3.63, 3.8) is 0 Å². The molecule has 1 amide bonds. The molecule has 4 nitrogen and oxygen atoms in total. The van der Waals surface area contributed by atoms with E-state index in [-0.39, 0.29) is 5.91 Å². The topological polar surface area (TPSA) is 46.9 Å². The van der Waals surface area contributed by atoms with Gasteiger partial charge >= 0.3 is 0 Å². The van der Waals surface area contributed by atoms with E-state index in [1.807, 2.05) is 11.8 Å². The highest BCUT2D eigenvalue weighted by molar-refractivity contribution is 7.98. The summed E-state index contributed by atoms with van der Waals surface area (Å²) in [6.07, 6.45) is 3.29. The van der Waals surface area contributed by atoms with Gasteiger partial charge in [0, 0.05) is 36.2 Å². The van der Waals surface area contributed by atoms with Gasteiger partial charge in [0.15, 0.2) is 0 Å². The summed E-state index contributed by atoms with van der Waals surface area (Å²) in [6, 6.07) is 4.19. The van der Waals surface area contributed by atoms with E-state index in [4.69, 9.17) is 0 Å². The molecule has 0 aliphatic rings. The number of nitrogens with one attached hydrogen (secondary N) is 1. The second-order valence-electron chi connectivity index (χ2n) is 3.79. The smallest absolute Gasteiger partial charge is 0.254 e. The van der Waals surface area contributed by atoms with E-state index in [0.29, 0.717) is 12.1 Å². The number of aryl methyl sites for hydroxylation is 1. The minimum atomic E-state index is -0.0557. The minimum absolute atomic E-state index is 0.0557. The molecule has 0 bridgehead atoms. The quantitative estimate of drug-likeness (QED) is 0.825. The Morgan fingerprint density at radius 1 is 1.61 bits per heavy atom. The van der Waals surface area contributed by atoms with Crippen molar-refractivity contribution in [1.29, 1.82) is 0 Å². The normalized spacial score (nSPS) is 10.5. The summed E-state index contributed by atoms with van der Waals surface area (Å²) in [5.41, 5.74) is 0.612. The van der Waals surface area contributed by atoms with Gasteiger partial charge in [0.2, 0.25) is 0 Å². The van der Waals surface area contributed by atoms with Crippen molar-refractivity contribution < 1.29 is 4.79 Å². The fraction of sp³-hybridized carbons (Fsp3) is 0.333. The summed E-state index contributed by atoms with van der Waals surface area (Å²) >= 11 is 3.60. The van der Waals surface area contributed by atoms with Crippen molar-refractivity contribution in [3.8, 4) is 0 Å². The molecule has 0 spiro atoms. The second kappa shape index (κ2) is 6.61. The van der Waals surface area contributed by atoms with Crippen LogP contribution in [0.4, 0.5) is 0 Å². The zero-order valence-corrected chi connectivity index (χ0v) is 11.8. The number of carbonyl (C=O) groups is 1. The van der Waals surface area contributed by atoms with Crippen molar-refractivity contribution in [2.45, 2.75) is 5.75 Å². The number of hydrogen-bond donors (Lipinski definition) is 1. The third-order valence-corrected chi connectivity index (χ3v) is 4.39. The third kappa shape index (κ3) is 3.89. The minimum Gasteiger partial charge on any atom is -0.351 e. The second-order valence-corrected chi connectivity index (χ2v) is 5.93. The van der Waals surface area contributed by atoms with Gasteiger partial charge in [-0.1, -0.05) is 6.07 Å². The Hall–Kier alpha value is -1.27. The maximum Gasteiger partial charge on any atom is 0.254 e. The summed E-state index contributed by atoms with van der Waals surface area (Å²) in [5.74, 6) is 1.88. The number of carbonyl (C=O) groups excluding carboxylic acids is 1. The molecule has 18 heavy (non-hydrogen) atoms. The predicted molar refractivity (Wildman–Crippen MR) is 76.0 cm³/mol. The molecule has 2 heterocycles. The molecule has 0 radical (unpaired) electrons. The molecule has 0 aliphatic heterocycles. The van der Waals surface area contributed by atoms with E-state index in [2.05, 4.69) is 27.9 Å². The van der Waals surface area contributed by atoms with Crippen LogP contribution in [0.2, 0.25) is 0 Å². The molecule has 2 aromatic rings. The lowest BCUT2D eigenvalue weighted by Crippen LogP contribution is -2.25. The molecular weight excluding hydrogens is 266 g/mol. The summed E-state index contributed by atoms with van der Waals surface area (Å²) in [4.78, 5) is 13.1. The average Bonchev–Trinajstić information content (AvgIpc) is 2.99. The van der Waals surface area contributed by atoms with Crippen LogP contribution in [0.3, 0.4) is 0 Å². The Morgan fingerprint density at radius 3 is 3.17 bits per heavy atom. The summed E-state index contributed by atoms with van der Waals surface area (Å²) in [6.45, 7) is 0.684. The Kier molecular flexibility index (Phi) is 4.83. The third-order valence-electron chi connectivity index (χ3n) is 2.32. The Bertz CT molecular complexity index is 493. The van der Waals surface area contributed by atoms with Gasteiger partial charge in [0.05, 0.1) is 11.8 Å². The van der Waals surface area contributed by atoms with E-state index >= 15 is 0 Å². The zero-order chi connectivity index (χ0) is 12.8. The lowest BCUT2D eigenvalue weighted by molar-refractivity contribution is 0.0956. The van der Waals surface area contributed by atoms with Crippen LogP contribution in [-0.4, -0.2) is 28.0 Å². The van der Waals surface area contributed by atoms with Gasteiger partial charge in [-0.05, 0) is 11.4 Å². The van der Waals surface area contributed by atoms with Crippen molar-refractivity contribution in [2.75, 3.05) is 12.3 Å². The highest BCUT2D eigenvalue weighted by atomic mass is 32.2. The standard InChI is InChI=1S/C12H15N3OS2/c1-15-8-10(7-14-15)12(16)13-4-6-17-9-11-3-2-5-18-11/h2-3,5,7-8H,4,6,9H2,1H3,(H,13,16). The molecule has 2 aromatic heterocycles. The number of thioether (sulfide) groups is 1. The molecule has 2 rings (SSSR count). The molecule has 0 aromatic carbocycles. The lowest BCUT2D eigenvalue weighted by Gasteiger charge is -2.02. The molecule has 0 saturated heterocycles. The number of hydrogen-bond acceptors (Lipinski definition) is 4. The Balaban J connectivity index is 1.62. The number of rotatable bonds is 6. The van der Waals surface area contributed by atoms with Gasteiger partial charge < -0.3 is 5.32 Å². The molecule has 0 saturated carbocycles. The molecular formula is C12H15N3OS2. The van der Waals surface area contributed by atoms with Gasteiger partial charge in [-0.15, -0.1) is 11.3 Å². The van der Waals surface area contributed by atoms with Gasteiger partial charge in [0.25, 0.3) is 5.91 Å². The SMILES string of the molecule is Cn1cc(C(=O)NCCSCc2cccs2)cn1. The first-order chi connectivity index (χ1) is 8.75. The van der Waals surface area contributed by atoms with Crippen molar-refractivity contribution in [2.24, 2.45) is 7.05 Å². The largest absolute Gasteiger partial charge is 0.351 e. The van der Waals surface area contributed by atoms with Crippen LogP contribution >= 0.6 is 23.1 Å². The van der Waals surface area contributed by atoms with Crippen LogP contribution < -0.4 is 5.32 Å². The van der Waals surface area contributed by atoms with Crippen LogP contribution in [0.1, 0.15) is 15.2 Å². The van der Waals surface area contributed by atoms with Crippen LogP contribution in [0.15, 0.2) is 29.9 Å². The van der Waals surface area contributed by atoms with Crippen molar-refractivity contribution in [1.82, 2.24) is 15.1 Å². The highest BCUT2D eigenvalue weighted by Gasteiger charge is 2.06. The number of amides is 1. The number of aromatic nitrogens is 2. The molecule has 0 fully saturated rings. The van der Waals surface area contributed by atoms with Gasteiger partial charge in [-0.3, -0.25) is 9.48 Å². The molecule has 6 heteroatoms. The molecule has 96 valence electrons. The molecule has 0 aliphatic carbocycles. The van der Waals surface area contributed by atoms with Crippen LogP contribution in [-0.2, 0) is 12.8 Å². The maximum absolute atomic E-state index is 11.7. The molecule has 0 atom stereocenters. The van der Waals surface area contributed by atoms with E-state index in [0.717, 1.165) is 11.5 Å². The maximum atomic E-state index is 11.7. The Morgan fingerprint density at radius 2 is 2.50 bits per heavy atom. The summed E-state index contributed by atoms with van der Waals surface area (Å²) in [5, 5.41) is 8.93. The summed E-state index contributed by atoms with van der Waals surface area (Å²) in [7, 11) is 1.80. The van der Waals surface area contributed by atoms with Crippen LogP contribution in [0.25, 0.3) is 0 Å². The fourth-order valence-electron chi connectivity index (χ4n) is 1.44. The van der Waals surface area contributed by atoms with E-state index in [9.17, 15) is 4.79 Å². The number of thiophene rings is 1. The van der Waals surface area contributed by atoms with Crippen molar-refractivity contribution in [3.05, 3.63) is 40.3 Å². The first-order valence-corrected chi connectivity index (χ1v) is 7.66. The first-order valence-electron chi connectivity index (χ1n) is 5.62. The first kappa shape index (κ1) is 13.2. The highest BCUT2D eigenvalue weighted by Crippen LogP contribution is 2.16. The monoisotopic (exact) mass is 281 g/mol. The van der Waals surface area contributed by atoms with Crippen LogP contribution in [0.5, 0.6) is 0 Å². The van der Waals surface area contributed by atoms with Gasteiger partial charge in [-0.25, -0.2) is 0 Å². The molecule has 0 unspecified atom stereocenters. The number of nitrogens with zero attached hydrogens (tertiary/aromatic N) is 2. The lowest BCUT2D eigenvalue weighted by atomic mass is 10.3. The zero-order valence-electron chi connectivity index (χ0n) is 10.1. The van der Waals surface area contributed by atoms with Gasteiger partial charge in [0.1, 0.15) is 0 Å².